The van der Waals surface area contributed by atoms with Crippen LogP contribution in [-0.2, 0) is 21.7 Å². The summed E-state index contributed by atoms with van der Waals surface area (Å²) >= 11 is 1.54. The Morgan fingerprint density at radius 3 is 2.79 bits per heavy atom. The van der Waals surface area contributed by atoms with E-state index < -0.39 is 5.79 Å². The van der Waals surface area contributed by atoms with Gasteiger partial charge in [0.1, 0.15) is 12.5 Å². The highest BCUT2D eigenvalue weighted by atomic mass is 32.1. The molecule has 0 saturated heterocycles. The van der Waals surface area contributed by atoms with E-state index in [0.29, 0.717) is 6.42 Å². The summed E-state index contributed by atoms with van der Waals surface area (Å²) in [6, 6.07) is 5.98. The van der Waals surface area contributed by atoms with Crippen molar-refractivity contribution in [2.24, 2.45) is 0 Å². The molecule has 1 aromatic heterocycles. The summed E-state index contributed by atoms with van der Waals surface area (Å²) in [6.45, 7) is 1.86. The van der Waals surface area contributed by atoms with Gasteiger partial charge in [0.2, 0.25) is 0 Å². The zero-order valence-corrected chi connectivity index (χ0v) is 8.50. The lowest BCUT2D eigenvalue weighted by Crippen LogP contribution is -2.20. The van der Waals surface area contributed by atoms with Crippen LogP contribution in [0.5, 0.6) is 0 Å². The van der Waals surface area contributed by atoms with Crippen LogP contribution in [0.3, 0.4) is 0 Å². The van der Waals surface area contributed by atoms with Gasteiger partial charge in [0.05, 0.1) is 17.4 Å². The fourth-order valence-electron chi connectivity index (χ4n) is 1.25. The van der Waals surface area contributed by atoms with Crippen LogP contribution in [0, 0.1) is 11.3 Å². The standard InChI is InChI=1S/C10H9NO2S/c1-10(12-6-7-13-10)9-3-2-8(14-9)4-5-11/h2-3,6-7H,4H2,1H3. The van der Waals surface area contributed by atoms with Crippen LogP contribution in [0.15, 0.2) is 24.7 Å². The van der Waals surface area contributed by atoms with Gasteiger partial charge in [-0.1, -0.05) is 0 Å². The largest absolute Gasteiger partial charge is 0.452 e. The van der Waals surface area contributed by atoms with Gasteiger partial charge in [-0.15, -0.1) is 11.3 Å². The molecular formula is C10H9NO2S. The molecule has 14 heavy (non-hydrogen) atoms. The third kappa shape index (κ3) is 1.47. The fraction of sp³-hybridized carbons (Fsp3) is 0.300. The number of ether oxygens (including phenoxy) is 2. The van der Waals surface area contributed by atoms with Crippen molar-refractivity contribution >= 4 is 11.3 Å². The Bertz CT molecular complexity index is 394. The SMILES string of the molecule is CC1(c2ccc(CC#N)s2)OC=CO1. The van der Waals surface area contributed by atoms with Crippen LogP contribution in [0.2, 0.25) is 0 Å². The summed E-state index contributed by atoms with van der Waals surface area (Å²) in [5.74, 6) is -0.696. The monoisotopic (exact) mass is 207 g/mol. The van der Waals surface area contributed by atoms with Crippen LogP contribution in [0.1, 0.15) is 16.7 Å². The topological polar surface area (TPSA) is 42.2 Å². The van der Waals surface area contributed by atoms with Gasteiger partial charge in [0.25, 0.3) is 5.79 Å². The summed E-state index contributed by atoms with van der Waals surface area (Å²) in [6.07, 6.45) is 3.50. The van der Waals surface area contributed by atoms with Crippen molar-refractivity contribution in [1.29, 1.82) is 5.26 Å². The van der Waals surface area contributed by atoms with Gasteiger partial charge in [-0.05, 0) is 12.1 Å². The Kier molecular flexibility index (Phi) is 2.18. The van der Waals surface area contributed by atoms with Crippen LogP contribution in [0.4, 0.5) is 0 Å². The first-order valence-corrected chi connectivity index (χ1v) is 5.03. The van der Waals surface area contributed by atoms with E-state index in [1.54, 1.807) is 11.3 Å². The molecule has 1 aliphatic heterocycles. The Morgan fingerprint density at radius 2 is 2.14 bits per heavy atom. The van der Waals surface area contributed by atoms with Gasteiger partial charge in [-0.2, -0.15) is 5.26 Å². The number of nitrogens with zero attached hydrogens (tertiary/aromatic N) is 1. The zero-order valence-electron chi connectivity index (χ0n) is 7.69. The molecule has 0 aromatic carbocycles. The maximum absolute atomic E-state index is 8.54. The minimum Gasteiger partial charge on any atom is -0.452 e. The van der Waals surface area contributed by atoms with E-state index in [0.717, 1.165) is 9.75 Å². The molecule has 0 spiro atoms. The first-order chi connectivity index (χ1) is 6.74. The van der Waals surface area contributed by atoms with E-state index >= 15 is 0 Å². The molecular weight excluding hydrogens is 198 g/mol. The van der Waals surface area contributed by atoms with Crippen molar-refractivity contribution in [2.75, 3.05) is 0 Å². The zero-order chi connectivity index (χ0) is 10.0. The molecule has 0 aliphatic carbocycles. The van der Waals surface area contributed by atoms with Crippen LogP contribution in [0.25, 0.3) is 0 Å². The molecule has 1 aromatic rings. The first kappa shape index (κ1) is 9.10. The lowest BCUT2D eigenvalue weighted by molar-refractivity contribution is -0.130. The molecule has 2 heterocycles. The number of rotatable bonds is 2. The van der Waals surface area contributed by atoms with Crippen LogP contribution < -0.4 is 0 Å². The number of nitriles is 1. The van der Waals surface area contributed by atoms with Crippen molar-refractivity contribution < 1.29 is 9.47 Å². The van der Waals surface area contributed by atoms with Gasteiger partial charge in [0.15, 0.2) is 0 Å². The van der Waals surface area contributed by atoms with Crippen molar-refractivity contribution in [2.45, 2.75) is 19.1 Å². The van der Waals surface area contributed by atoms with Crippen LogP contribution >= 0.6 is 11.3 Å². The molecule has 0 saturated carbocycles. The number of hydrogen-bond donors (Lipinski definition) is 0. The summed E-state index contributed by atoms with van der Waals surface area (Å²) in [4.78, 5) is 2.01. The average molecular weight is 207 g/mol. The van der Waals surface area contributed by atoms with Crippen molar-refractivity contribution in [1.82, 2.24) is 0 Å². The molecule has 0 radical (unpaired) electrons. The van der Waals surface area contributed by atoms with E-state index in [-0.39, 0.29) is 0 Å². The van der Waals surface area contributed by atoms with E-state index in [1.165, 1.54) is 12.5 Å². The summed E-state index contributed by atoms with van der Waals surface area (Å²) in [5, 5.41) is 8.54. The molecule has 0 N–H and O–H groups in total. The normalized spacial score (nSPS) is 17.1. The summed E-state index contributed by atoms with van der Waals surface area (Å²) in [5.41, 5.74) is 0. The Hall–Kier alpha value is -1.47. The second kappa shape index (κ2) is 3.35. The Balaban J connectivity index is 2.21. The lowest BCUT2D eigenvalue weighted by atomic mass is 10.2. The molecule has 0 bridgehead atoms. The molecule has 4 heteroatoms. The number of hydrogen-bond acceptors (Lipinski definition) is 4. The third-order valence-corrected chi connectivity index (χ3v) is 3.27. The van der Waals surface area contributed by atoms with Crippen molar-refractivity contribution in [3.05, 3.63) is 34.4 Å². The predicted octanol–water partition coefficient (Wildman–Crippen LogP) is 2.50. The van der Waals surface area contributed by atoms with Crippen molar-refractivity contribution in [3.8, 4) is 6.07 Å². The van der Waals surface area contributed by atoms with E-state index in [1.807, 2.05) is 19.1 Å². The van der Waals surface area contributed by atoms with Crippen molar-refractivity contribution in [3.63, 3.8) is 0 Å². The molecule has 0 atom stereocenters. The highest BCUT2D eigenvalue weighted by Crippen LogP contribution is 2.35. The number of thiophene rings is 1. The molecule has 0 fully saturated rings. The van der Waals surface area contributed by atoms with E-state index in [2.05, 4.69) is 6.07 Å². The summed E-state index contributed by atoms with van der Waals surface area (Å²) < 4.78 is 10.7. The minimum atomic E-state index is -0.696. The average Bonchev–Trinajstić information content (AvgIpc) is 2.75. The fourth-order valence-corrected chi connectivity index (χ4v) is 2.23. The molecule has 1 aliphatic rings. The minimum absolute atomic E-state index is 0.439. The van der Waals surface area contributed by atoms with Gasteiger partial charge in [-0.25, -0.2) is 0 Å². The van der Waals surface area contributed by atoms with E-state index in [9.17, 15) is 0 Å². The molecule has 2 rings (SSSR count). The third-order valence-electron chi connectivity index (χ3n) is 2.00. The van der Waals surface area contributed by atoms with Gasteiger partial charge in [0, 0.05) is 11.8 Å². The van der Waals surface area contributed by atoms with Crippen LogP contribution in [-0.4, -0.2) is 0 Å². The second-order valence-electron chi connectivity index (χ2n) is 3.05. The quantitative estimate of drug-likeness (QED) is 0.748. The van der Waals surface area contributed by atoms with E-state index in [4.69, 9.17) is 14.7 Å². The smallest absolute Gasteiger partial charge is 0.283 e. The maximum atomic E-state index is 8.54. The molecule has 72 valence electrons. The highest BCUT2D eigenvalue weighted by molar-refractivity contribution is 7.12. The Labute approximate surface area is 86.2 Å². The second-order valence-corrected chi connectivity index (χ2v) is 4.22. The predicted molar refractivity (Wildman–Crippen MR) is 52.3 cm³/mol. The van der Waals surface area contributed by atoms with Gasteiger partial charge in [-0.3, -0.25) is 0 Å². The first-order valence-electron chi connectivity index (χ1n) is 4.21. The molecule has 0 unspecified atom stereocenters. The maximum Gasteiger partial charge on any atom is 0.283 e. The van der Waals surface area contributed by atoms with Gasteiger partial charge >= 0.3 is 0 Å². The molecule has 0 amide bonds. The highest BCUT2D eigenvalue weighted by Gasteiger charge is 2.33. The Morgan fingerprint density at radius 1 is 1.43 bits per heavy atom. The lowest BCUT2D eigenvalue weighted by Gasteiger charge is -2.20. The molecule has 3 nitrogen and oxygen atoms in total. The van der Waals surface area contributed by atoms with Gasteiger partial charge < -0.3 is 9.47 Å². The summed E-state index contributed by atoms with van der Waals surface area (Å²) in [7, 11) is 0.